The average molecular weight is 436 g/mol. The zero-order valence-electron chi connectivity index (χ0n) is 18.2. The molecule has 0 radical (unpaired) electrons. The molecule has 4 aromatic rings. The third-order valence-corrected chi connectivity index (χ3v) is 6.32. The van der Waals surface area contributed by atoms with Gasteiger partial charge in [0, 0.05) is 43.5 Å². The largest absolute Gasteiger partial charge is 0.335 e. The zero-order chi connectivity index (χ0) is 22.7. The van der Waals surface area contributed by atoms with Gasteiger partial charge < -0.3 is 9.47 Å². The molecule has 0 spiro atoms. The van der Waals surface area contributed by atoms with E-state index < -0.39 is 11.6 Å². The Morgan fingerprint density at radius 2 is 1.88 bits per heavy atom. The zero-order valence-corrected chi connectivity index (χ0v) is 18.2. The normalized spacial score (nSPS) is 15.9. The van der Waals surface area contributed by atoms with E-state index in [1.54, 1.807) is 16.6 Å². The number of fused-ring (bicyclic) bond motifs is 2. The molecule has 1 aromatic carbocycles. The topological polar surface area (TPSA) is 68.8 Å². The van der Waals surface area contributed by atoms with E-state index in [1.165, 1.54) is 25.4 Å². The summed E-state index contributed by atoms with van der Waals surface area (Å²) < 4.78 is 31.9. The van der Waals surface area contributed by atoms with E-state index >= 15 is 0 Å². The van der Waals surface area contributed by atoms with Crippen LogP contribution in [0.3, 0.4) is 0 Å². The van der Waals surface area contributed by atoms with Gasteiger partial charge in [0.25, 0.3) is 5.91 Å². The Labute approximate surface area is 183 Å². The Bertz CT molecular complexity index is 1370. The number of rotatable bonds is 2. The molecule has 0 fully saturated rings. The fourth-order valence-corrected chi connectivity index (χ4v) is 4.55. The quantitative estimate of drug-likeness (QED) is 0.480. The van der Waals surface area contributed by atoms with E-state index in [2.05, 4.69) is 15.1 Å². The van der Waals surface area contributed by atoms with Crippen molar-refractivity contribution < 1.29 is 13.6 Å². The number of benzene rings is 1. The first kappa shape index (κ1) is 20.3. The van der Waals surface area contributed by atoms with Gasteiger partial charge in [-0.2, -0.15) is 5.10 Å². The lowest BCUT2D eigenvalue weighted by atomic mass is 9.94. The predicted molar refractivity (Wildman–Crippen MR) is 115 cm³/mol. The summed E-state index contributed by atoms with van der Waals surface area (Å²) in [5.74, 6) is -1.38. The first-order valence-corrected chi connectivity index (χ1v) is 10.4. The van der Waals surface area contributed by atoms with E-state index in [9.17, 15) is 13.6 Å². The number of halogens is 2. The second-order valence-corrected chi connectivity index (χ2v) is 8.21. The number of carbonyl (C=O) groups is 1. The number of hydrogen-bond acceptors (Lipinski definition) is 4. The lowest BCUT2D eigenvalue weighted by molar-refractivity contribution is 0.0669. The molecule has 9 heteroatoms. The Morgan fingerprint density at radius 1 is 1.16 bits per heavy atom. The predicted octanol–water partition coefficient (Wildman–Crippen LogP) is 3.71. The van der Waals surface area contributed by atoms with Crippen molar-refractivity contribution in [1.82, 2.24) is 29.2 Å². The highest BCUT2D eigenvalue weighted by Crippen LogP contribution is 2.37. The minimum atomic E-state index is -0.591. The van der Waals surface area contributed by atoms with Crippen molar-refractivity contribution in [2.24, 2.45) is 14.1 Å². The van der Waals surface area contributed by atoms with Gasteiger partial charge in [0.05, 0.1) is 22.8 Å². The maximum atomic E-state index is 14.2. The van der Waals surface area contributed by atoms with Crippen molar-refractivity contribution >= 4 is 16.9 Å². The Kier molecular flexibility index (Phi) is 4.58. The summed E-state index contributed by atoms with van der Waals surface area (Å²) in [6.45, 7) is 3.77. The van der Waals surface area contributed by atoms with Crippen LogP contribution in [0.5, 0.6) is 0 Å². The highest BCUT2D eigenvalue weighted by molar-refractivity contribution is 6.04. The second-order valence-electron chi connectivity index (χ2n) is 8.21. The van der Waals surface area contributed by atoms with Crippen LogP contribution in [0.2, 0.25) is 0 Å². The third-order valence-electron chi connectivity index (χ3n) is 6.32. The van der Waals surface area contributed by atoms with Gasteiger partial charge >= 0.3 is 0 Å². The Hall–Kier alpha value is -3.62. The molecule has 5 rings (SSSR count). The number of nitrogens with zero attached hydrogens (tertiary/aromatic N) is 6. The highest BCUT2D eigenvalue weighted by Gasteiger charge is 2.34. The monoisotopic (exact) mass is 436 g/mol. The summed E-state index contributed by atoms with van der Waals surface area (Å²) >= 11 is 0. The number of hydrogen-bond donors (Lipinski definition) is 0. The first-order chi connectivity index (χ1) is 15.3. The van der Waals surface area contributed by atoms with Gasteiger partial charge in [-0.1, -0.05) is 0 Å². The summed E-state index contributed by atoms with van der Waals surface area (Å²) in [5, 5.41) is 5.32. The summed E-state index contributed by atoms with van der Waals surface area (Å²) in [4.78, 5) is 23.7. The molecule has 0 saturated carbocycles. The molecular weight excluding hydrogens is 414 g/mol. The van der Waals surface area contributed by atoms with Gasteiger partial charge in [0.2, 0.25) is 0 Å². The van der Waals surface area contributed by atoms with E-state index in [-0.39, 0.29) is 17.5 Å². The van der Waals surface area contributed by atoms with Crippen molar-refractivity contribution in [3.05, 3.63) is 64.9 Å². The molecule has 7 nitrogen and oxygen atoms in total. The van der Waals surface area contributed by atoms with Crippen LogP contribution in [0.1, 0.15) is 40.3 Å². The third kappa shape index (κ3) is 2.91. The maximum Gasteiger partial charge on any atom is 0.273 e. The van der Waals surface area contributed by atoms with Crippen LogP contribution in [0.25, 0.3) is 22.3 Å². The van der Waals surface area contributed by atoms with Crippen LogP contribution >= 0.6 is 0 Å². The van der Waals surface area contributed by atoms with E-state index in [0.29, 0.717) is 41.0 Å². The van der Waals surface area contributed by atoms with Gasteiger partial charge in [0.15, 0.2) is 0 Å². The summed E-state index contributed by atoms with van der Waals surface area (Å²) in [6, 6.07) is 4.19. The Balaban J connectivity index is 1.54. The van der Waals surface area contributed by atoms with Crippen LogP contribution in [0.4, 0.5) is 8.78 Å². The smallest absolute Gasteiger partial charge is 0.273 e. The lowest BCUT2D eigenvalue weighted by Gasteiger charge is -2.32. The number of aromatic nitrogens is 5. The van der Waals surface area contributed by atoms with Crippen LogP contribution < -0.4 is 0 Å². The van der Waals surface area contributed by atoms with Gasteiger partial charge in [-0.25, -0.2) is 18.7 Å². The molecule has 0 aliphatic carbocycles. The molecule has 0 unspecified atom stereocenters. The molecule has 32 heavy (non-hydrogen) atoms. The molecular formula is C23H22F2N6O. The van der Waals surface area contributed by atoms with Gasteiger partial charge in [0.1, 0.15) is 29.3 Å². The van der Waals surface area contributed by atoms with Crippen molar-refractivity contribution in [3.8, 4) is 11.3 Å². The number of aryl methyl sites for hydroxylation is 2. The van der Waals surface area contributed by atoms with Gasteiger partial charge in [-0.05, 0) is 38.5 Å². The minimum Gasteiger partial charge on any atom is -0.335 e. The molecule has 3 aromatic heterocycles. The second kappa shape index (κ2) is 7.22. The highest BCUT2D eigenvalue weighted by atomic mass is 19.1. The molecule has 1 amide bonds. The first-order valence-electron chi connectivity index (χ1n) is 10.4. The maximum absolute atomic E-state index is 14.2. The molecule has 164 valence electrons. The fraction of sp³-hybridized carbons (Fsp3) is 0.304. The SMILES string of the molecule is Cc1c(F)cc(-c2c3c(nn2C)[C@H](C)N(C(=O)c2ncnc4c2ccn4C)CC3)cc1F. The van der Waals surface area contributed by atoms with Gasteiger partial charge in [-0.15, -0.1) is 0 Å². The molecule has 1 atom stereocenters. The van der Waals surface area contributed by atoms with Gasteiger partial charge in [-0.3, -0.25) is 9.48 Å². The standard InChI is InChI=1S/C23H22F2N6O/c1-12-17(24)9-14(10-18(12)25)21-15-6-8-31(13(2)19(15)28-30(21)4)23(32)20-16-5-7-29(3)22(16)27-11-26-20/h5,7,9-11,13H,6,8H2,1-4H3/t13-/m0/s1. The average Bonchev–Trinajstić information content (AvgIpc) is 3.31. The molecule has 0 bridgehead atoms. The minimum absolute atomic E-state index is 0.00740. The summed E-state index contributed by atoms with van der Waals surface area (Å²) in [5.41, 5.74) is 3.77. The molecule has 1 aliphatic rings. The summed E-state index contributed by atoms with van der Waals surface area (Å²) in [7, 11) is 3.62. The van der Waals surface area contributed by atoms with Crippen LogP contribution in [0, 0.1) is 18.6 Å². The number of carbonyl (C=O) groups excluding carboxylic acids is 1. The van der Waals surface area contributed by atoms with Crippen LogP contribution in [0.15, 0.2) is 30.7 Å². The van der Waals surface area contributed by atoms with Crippen molar-refractivity contribution in [3.63, 3.8) is 0 Å². The Morgan fingerprint density at radius 3 is 2.59 bits per heavy atom. The fourth-order valence-electron chi connectivity index (χ4n) is 4.55. The van der Waals surface area contributed by atoms with E-state index in [1.807, 2.05) is 30.8 Å². The van der Waals surface area contributed by atoms with Crippen molar-refractivity contribution in [1.29, 1.82) is 0 Å². The van der Waals surface area contributed by atoms with Crippen molar-refractivity contribution in [2.45, 2.75) is 26.3 Å². The van der Waals surface area contributed by atoms with E-state index in [0.717, 1.165) is 11.3 Å². The molecule has 0 N–H and O–H groups in total. The molecule has 4 heterocycles. The molecule has 1 aliphatic heterocycles. The van der Waals surface area contributed by atoms with Crippen molar-refractivity contribution in [2.75, 3.05) is 6.54 Å². The lowest BCUT2D eigenvalue weighted by Crippen LogP contribution is -2.39. The summed E-state index contributed by atoms with van der Waals surface area (Å²) in [6.07, 6.45) is 3.77. The van der Waals surface area contributed by atoms with Crippen LogP contribution in [-0.4, -0.2) is 41.7 Å². The van der Waals surface area contributed by atoms with E-state index in [4.69, 9.17) is 0 Å². The number of amides is 1. The molecule has 0 saturated heterocycles. The van der Waals surface area contributed by atoms with Crippen LogP contribution in [-0.2, 0) is 20.5 Å².